The first-order valence-corrected chi connectivity index (χ1v) is 7.09. The third-order valence-electron chi connectivity index (χ3n) is 3.38. The number of carbonyl (C=O) groups excluding carboxylic acids is 1. The molecule has 2 heterocycles. The standard InChI is InChI=1S/C16H16FN3O2/c17-12-3-1-4-13(11-12)18-16(21)14-5-2-6-15(19-14)20-7-9-22-10-8-20/h1-6,11H,7-10H2,(H,18,21). The van der Waals surface area contributed by atoms with Crippen LogP contribution < -0.4 is 10.2 Å². The summed E-state index contributed by atoms with van der Waals surface area (Å²) >= 11 is 0. The number of hydrogen-bond acceptors (Lipinski definition) is 4. The van der Waals surface area contributed by atoms with Crippen LogP contribution in [0.2, 0.25) is 0 Å². The second-order valence-corrected chi connectivity index (χ2v) is 4.94. The number of nitrogens with one attached hydrogen (secondary N) is 1. The summed E-state index contributed by atoms with van der Waals surface area (Å²) in [7, 11) is 0. The van der Waals surface area contributed by atoms with Gasteiger partial charge in [-0.25, -0.2) is 9.37 Å². The van der Waals surface area contributed by atoms with Crippen molar-refractivity contribution in [2.75, 3.05) is 36.5 Å². The van der Waals surface area contributed by atoms with E-state index < -0.39 is 5.82 Å². The number of rotatable bonds is 3. The molecule has 1 amide bonds. The SMILES string of the molecule is O=C(Nc1cccc(F)c1)c1cccc(N2CCOCC2)n1. The van der Waals surface area contributed by atoms with Crippen LogP contribution in [0.15, 0.2) is 42.5 Å². The molecule has 0 radical (unpaired) electrons. The van der Waals surface area contributed by atoms with Gasteiger partial charge in [0.2, 0.25) is 0 Å². The third-order valence-corrected chi connectivity index (χ3v) is 3.38. The van der Waals surface area contributed by atoms with Gasteiger partial charge in [-0.05, 0) is 30.3 Å². The summed E-state index contributed by atoms with van der Waals surface area (Å²) in [6.07, 6.45) is 0. The van der Waals surface area contributed by atoms with Crippen molar-refractivity contribution in [1.29, 1.82) is 0 Å². The number of nitrogens with zero attached hydrogens (tertiary/aromatic N) is 2. The molecular weight excluding hydrogens is 285 g/mol. The Hall–Kier alpha value is -2.47. The van der Waals surface area contributed by atoms with Crippen LogP contribution >= 0.6 is 0 Å². The first kappa shape index (κ1) is 14.5. The van der Waals surface area contributed by atoms with Crippen LogP contribution in [-0.2, 0) is 4.74 Å². The Kier molecular flexibility index (Phi) is 4.29. The van der Waals surface area contributed by atoms with E-state index in [2.05, 4.69) is 15.2 Å². The highest BCUT2D eigenvalue weighted by Gasteiger charge is 2.15. The number of morpholine rings is 1. The van der Waals surface area contributed by atoms with Gasteiger partial charge in [-0.3, -0.25) is 4.79 Å². The zero-order valence-electron chi connectivity index (χ0n) is 12.0. The van der Waals surface area contributed by atoms with E-state index in [1.807, 2.05) is 6.07 Å². The molecule has 0 saturated carbocycles. The molecule has 1 aliphatic rings. The van der Waals surface area contributed by atoms with Gasteiger partial charge >= 0.3 is 0 Å². The zero-order chi connectivity index (χ0) is 15.4. The number of aromatic nitrogens is 1. The van der Waals surface area contributed by atoms with E-state index in [9.17, 15) is 9.18 Å². The van der Waals surface area contributed by atoms with Crippen molar-refractivity contribution >= 4 is 17.4 Å². The highest BCUT2D eigenvalue weighted by molar-refractivity contribution is 6.03. The van der Waals surface area contributed by atoms with Gasteiger partial charge in [0.05, 0.1) is 13.2 Å². The molecule has 2 aromatic rings. The number of benzene rings is 1. The summed E-state index contributed by atoms with van der Waals surface area (Å²) in [5, 5.41) is 2.64. The average Bonchev–Trinajstić information content (AvgIpc) is 2.56. The molecule has 5 nitrogen and oxygen atoms in total. The molecule has 1 aromatic carbocycles. The van der Waals surface area contributed by atoms with Gasteiger partial charge in [0.15, 0.2) is 0 Å². The Morgan fingerprint density at radius 1 is 1.18 bits per heavy atom. The molecule has 1 N–H and O–H groups in total. The summed E-state index contributed by atoms with van der Waals surface area (Å²) in [6, 6.07) is 11.1. The Balaban J connectivity index is 1.75. The Morgan fingerprint density at radius 3 is 2.73 bits per heavy atom. The maximum absolute atomic E-state index is 13.1. The molecule has 1 saturated heterocycles. The maximum Gasteiger partial charge on any atom is 0.274 e. The molecular formula is C16H16FN3O2. The minimum absolute atomic E-state index is 0.299. The first-order chi connectivity index (χ1) is 10.7. The fourth-order valence-electron chi connectivity index (χ4n) is 2.28. The minimum atomic E-state index is -0.396. The molecule has 22 heavy (non-hydrogen) atoms. The van der Waals surface area contributed by atoms with Gasteiger partial charge in [-0.2, -0.15) is 0 Å². The molecule has 1 aromatic heterocycles. The number of halogens is 1. The van der Waals surface area contributed by atoms with E-state index in [0.29, 0.717) is 24.6 Å². The molecule has 6 heteroatoms. The van der Waals surface area contributed by atoms with E-state index in [1.165, 1.54) is 12.1 Å². The number of amides is 1. The lowest BCUT2D eigenvalue weighted by atomic mass is 10.2. The zero-order valence-corrected chi connectivity index (χ0v) is 12.0. The predicted molar refractivity (Wildman–Crippen MR) is 81.6 cm³/mol. The van der Waals surface area contributed by atoms with E-state index in [-0.39, 0.29) is 5.91 Å². The van der Waals surface area contributed by atoms with Crippen LogP contribution in [0.4, 0.5) is 15.9 Å². The Bertz CT molecular complexity index is 672. The minimum Gasteiger partial charge on any atom is -0.378 e. The van der Waals surface area contributed by atoms with Gasteiger partial charge in [0.1, 0.15) is 17.3 Å². The number of anilines is 2. The van der Waals surface area contributed by atoms with Crippen molar-refractivity contribution in [3.63, 3.8) is 0 Å². The molecule has 3 rings (SSSR count). The molecule has 0 spiro atoms. The fraction of sp³-hybridized carbons (Fsp3) is 0.250. The lowest BCUT2D eigenvalue weighted by Crippen LogP contribution is -2.37. The quantitative estimate of drug-likeness (QED) is 0.945. The maximum atomic E-state index is 13.1. The largest absolute Gasteiger partial charge is 0.378 e. The van der Waals surface area contributed by atoms with Crippen molar-refractivity contribution in [3.05, 3.63) is 54.0 Å². The van der Waals surface area contributed by atoms with Crippen LogP contribution in [-0.4, -0.2) is 37.2 Å². The summed E-state index contributed by atoms with van der Waals surface area (Å²) < 4.78 is 18.4. The average molecular weight is 301 g/mol. The summed E-state index contributed by atoms with van der Waals surface area (Å²) in [5.74, 6) is -0.0104. The second kappa shape index (κ2) is 6.53. The van der Waals surface area contributed by atoms with Crippen molar-refractivity contribution < 1.29 is 13.9 Å². The van der Waals surface area contributed by atoms with E-state index in [4.69, 9.17) is 4.74 Å². The smallest absolute Gasteiger partial charge is 0.274 e. The Morgan fingerprint density at radius 2 is 1.95 bits per heavy atom. The lowest BCUT2D eigenvalue weighted by molar-refractivity contribution is 0.102. The van der Waals surface area contributed by atoms with Crippen LogP contribution in [0.25, 0.3) is 0 Å². The van der Waals surface area contributed by atoms with Gasteiger partial charge in [-0.15, -0.1) is 0 Å². The van der Waals surface area contributed by atoms with Crippen LogP contribution in [0.3, 0.4) is 0 Å². The predicted octanol–water partition coefficient (Wildman–Crippen LogP) is 2.31. The fourth-order valence-corrected chi connectivity index (χ4v) is 2.28. The first-order valence-electron chi connectivity index (χ1n) is 7.09. The molecule has 1 aliphatic heterocycles. The topological polar surface area (TPSA) is 54.5 Å². The summed E-state index contributed by atoms with van der Waals surface area (Å²) in [4.78, 5) is 18.7. The second-order valence-electron chi connectivity index (χ2n) is 4.94. The molecule has 114 valence electrons. The lowest BCUT2D eigenvalue weighted by Gasteiger charge is -2.27. The normalized spacial score (nSPS) is 14.7. The number of carbonyl (C=O) groups is 1. The van der Waals surface area contributed by atoms with Crippen molar-refractivity contribution in [2.24, 2.45) is 0 Å². The molecule has 0 atom stereocenters. The molecule has 1 fully saturated rings. The highest BCUT2D eigenvalue weighted by atomic mass is 19.1. The van der Waals surface area contributed by atoms with Gasteiger partial charge in [-0.1, -0.05) is 12.1 Å². The van der Waals surface area contributed by atoms with Gasteiger partial charge in [0, 0.05) is 18.8 Å². The monoisotopic (exact) mass is 301 g/mol. The molecule has 0 unspecified atom stereocenters. The van der Waals surface area contributed by atoms with Crippen LogP contribution in [0.5, 0.6) is 0 Å². The number of ether oxygens (including phenoxy) is 1. The van der Waals surface area contributed by atoms with Crippen molar-refractivity contribution in [2.45, 2.75) is 0 Å². The van der Waals surface area contributed by atoms with Crippen LogP contribution in [0, 0.1) is 5.82 Å². The van der Waals surface area contributed by atoms with Crippen LogP contribution in [0.1, 0.15) is 10.5 Å². The molecule has 0 aliphatic carbocycles. The van der Waals surface area contributed by atoms with Gasteiger partial charge < -0.3 is 15.0 Å². The third kappa shape index (κ3) is 3.40. The van der Waals surface area contributed by atoms with Crippen molar-refractivity contribution in [1.82, 2.24) is 4.98 Å². The van der Waals surface area contributed by atoms with E-state index in [0.717, 1.165) is 18.9 Å². The van der Waals surface area contributed by atoms with Gasteiger partial charge in [0.25, 0.3) is 5.91 Å². The van der Waals surface area contributed by atoms with E-state index >= 15 is 0 Å². The molecule has 0 bridgehead atoms. The van der Waals surface area contributed by atoms with Crippen molar-refractivity contribution in [3.8, 4) is 0 Å². The van der Waals surface area contributed by atoms with E-state index in [1.54, 1.807) is 24.3 Å². The summed E-state index contributed by atoms with van der Waals surface area (Å²) in [5.41, 5.74) is 0.705. The highest BCUT2D eigenvalue weighted by Crippen LogP contribution is 2.15. The number of pyridine rings is 1. The number of hydrogen-bond donors (Lipinski definition) is 1. The Labute approximate surface area is 127 Å². The summed E-state index contributed by atoms with van der Waals surface area (Å²) in [6.45, 7) is 2.81.